The van der Waals surface area contributed by atoms with E-state index >= 15 is 0 Å². The molecule has 0 saturated heterocycles. The van der Waals surface area contributed by atoms with E-state index in [0.29, 0.717) is 0 Å². The Morgan fingerprint density at radius 1 is 1.40 bits per heavy atom. The van der Waals surface area contributed by atoms with Gasteiger partial charge in [0.05, 0.1) is 0 Å². The fourth-order valence-corrected chi connectivity index (χ4v) is 0. The van der Waals surface area contributed by atoms with Crippen molar-refractivity contribution in [2.24, 2.45) is 0 Å². The van der Waals surface area contributed by atoms with Crippen molar-refractivity contribution in [1.82, 2.24) is 0 Å². The second kappa shape index (κ2) is 5.14. The lowest BCUT2D eigenvalue weighted by atomic mass is 16.0. The van der Waals surface area contributed by atoms with Gasteiger partial charge in [-0.2, -0.15) is 0 Å². The Labute approximate surface area is 48.8 Å². The highest BCUT2D eigenvalue weighted by atomic mass is 127. The Hall–Kier alpha value is 1.14. The van der Waals surface area contributed by atoms with Gasteiger partial charge in [-0.25, -0.2) is 0 Å². The molecule has 0 saturated carbocycles. The van der Waals surface area contributed by atoms with E-state index in [1.54, 1.807) is 0 Å². The second-order valence-electron chi connectivity index (χ2n) is 0.201. The standard InChI is InChI=1S/Al.HIO3.3H/c;2-1(3)4;;;/h;2H;;;. The molecule has 0 aromatic rings. The molecule has 0 heterocycles. The van der Waals surface area contributed by atoms with Crippen LogP contribution in [0.5, 0.6) is 0 Å². The Bertz CT molecular complexity index is 11.6. The Kier molecular flexibility index (Phi) is 9.74. The highest BCUT2D eigenvalue weighted by molar-refractivity contribution is 5.75. The van der Waals surface area contributed by atoms with Crippen molar-refractivity contribution < 1.29 is 31.4 Å². The normalized spacial score (nSPS) is 7.20. The van der Waals surface area contributed by atoms with Gasteiger partial charge in [-0.15, -0.1) is 0 Å². The van der Waals surface area contributed by atoms with Crippen LogP contribution in [0.25, 0.3) is 0 Å². The van der Waals surface area contributed by atoms with Crippen molar-refractivity contribution in [3.8, 4) is 0 Å². The zero-order chi connectivity index (χ0) is 3.58. The zero-order valence-corrected chi connectivity index (χ0v) is 3.80. The molecule has 0 fully saturated rings. The topological polar surface area (TPSA) is 66.3 Å². The molecule has 0 unspecified atom stereocenters. The molecule has 0 spiro atoms. The van der Waals surface area contributed by atoms with Gasteiger partial charge in [-0.05, 0) is 3.44 Å². The van der Waals surface area contributed by atoms with E-state index in [1.807, 2.05) is 0 Å². The minimum Gasteiger partial charge on any atom is -0.396 e. The molecule has 0 aliphatic heterocycles. The monoisotopic (exact) mass is 206 g/mol. The van der Waals surface area contributed by atoms with Crippen molar-refractivity contribution in [2.45, 2.75) is 0 Å². The summed E-state index contributed by atoms with van der Waals surface area (Å²) in [5, 5.41) is 0. The van der Waals surface area contributed by atoms with Gasteiger partial charge >= 0.3 is 21.1 Å². The summed E-state index contributed by atoms with van der Waals surface area (Å²) in [6.45, 7) is 0. The molecule has 0 bridgehead atoms. The fraction of sp³-hybridized carbons (Fsp3) is 0. The van der Waals surface area contributed by atoms with Gasteiger partial charge in [0.2, 0.25) is 0 Å². The molecule has 5 heavy (non-hydrogen) atoms. The summed E-state index contributed by atoms with van der Waals surface area (Å²) in [5.74, 6) is 0. The SMILES string of the molecule is [AlH3].[O-][I+2]([O-])O. The van der Waals surface area contributed by atoms with E-state index in [0.717, 1.165) is 0 Å². The van der Waals surface area contributed by atoms with Crippen LogP contribution in [-0.4, -0.2) is 20.8 Å². The van der Waals surface area contributed by atoms with Gasteiger partial charge in [0.1, 0.15) is 0 Å². The zero-order valence-electron chi connectivity index (χ0n) is 1.64. The summed E-state index contributed by atoms with van der Waals surface area (Å²) < 4.78 is 24.5. The van der Waals surface area contributed by atoms with Crippen LogP contribution >= 0.6 is 0 Å². The minimum absolute atomic E-state index is 0. The summed E-state index contributed by atoms with van der Waals surface area (Å²) in [6.07, 6.45) is 0. The summed E-state index contributed by atoms with van der Waals surface area (Å²) in [4.78, 5) is 0. The lowest BCUT2D eigenvalue weighted by molar-refractivity contribution is -1.63. The smallest absolute Gasteiger partial charge is 0.396 e. The molecule has 32 valence electrons. The molecular formula is H4AlIO3. The van der Waals surface area contributed by atoms with Crippen molar-refractivity contribution >= 4 is 17.4 Å². The summed E-state index contributed by atoms with van der Waals surface area (Å²) >= 11 is -3.76. The summed E-state index contributed by atoms with van der Waals surface area (Å²) in [6, 6.07) is 0. The van der Waals surface area contributed by atoms with Crippen molar-refractivity contribution in [2.75, 3.05) is 0 Å². The molecule has 0 amide bonds. The molecule has 1 N–H and O–H groups in total. The third kappa shape index (κ3) is 38.9. The van der Waals surface area contributed by atoms with Gasteiger partial charge in [0.25, 0.3) is 0 Å². The van der Waals surface area contributed by atoms with Crippen LogP contribution in [-0.2, 0) is 0 Å². The summed E-state index contributed by atoms with van der Waals surface area (Å²) in [7, 11) is 0. The van der Waals surface area contributed by atoms with E-state index in [-0.39, 0.29) is 17.4 Å². The molecule has 5 heteroatoms. The van der Waals surface area contributed by atoms with E-state index in [1.165, 1.54) is 0 Å². The maximum atomic E-state index is 8.68. The molecule has 3 nitrogen and oxygen atoms in total. The van der Waals surface area contributed by atoms with Gasteiger partial charge in [0.15, 0.2) is 17.4 Å². The Morgan fingerprint density at radius 3 is 1.40 bits per heavy atom. The molecule has 0 radical (unpaired) electrons. The van der Waals surface area contributed by atoms with Gasteiger partial charge < -0.3 is 6.87 Å². The average molecular weight is 206 g/mol. The quantitative estimate of drug-likeness (QED) is 0.316. The number of halogens is 1. The molecule has 0 atom stereocenters. The molecule has 0 aromatic heterocycles. The van der Waals surface area contributed by atoms with E-state index < -0.39 is 21.1 Å². The number of rotatable bonds is 0. The van der Waals surface area contributed by atoms with Gasteiger partial charge in [-0.3, -0.25) is 0 Å². The van der Waals surface area contributed by atoms with Crippen LogP contribution in [0.15, 0.2) is 0 Å². The van der Waals surface area contributed by atoms with Crippen LogP contribution in [0, 0.1) is 0 Å². The van der Waals surface area contributed by atoms with Crippen LogP contribution in [0.2, 0.25) is 0 Å². The van der Waals surface area contributed by atoms with Crippen molar-refractivity contribution in [3.05, 3.63) is 0 Å². The van der Waals surface area contributed by atoms with Gasteiger partial charge in [0, 0.05) is 0 Å². The fourth-order valence-electron chi connectivity index (χ4n) is 0. The Balaban J connectivity index is 0. The van der Waals surface area contributed by atoms with Crippen LogP contribution in [0.1, 0.15) is 0 Å². The predicted molar refractivity (Wildman–Crippen MR) is 12.2 cm³/mol. The van der Waals surface area contributed by atoms with E-state index in [9.17, 15) is 0 Å². The maximum Gasteiger partial charge on any atom is 0.503 e. The molecule has 0 aliphatic carbocycles. The second-order valence-corrected chi connectivity index (χ2v) is 1.35. The predicted octanol–water partition coefficient (Wildman–Crippen LogP) is -7.11. The highest BCUT2D eigenvalue weighted by Crippen LogP contribution is 0.251. The van der Waals surface area contributed by atoms with Gasteiger partial charge in [-0.1, -0.05) is 0 Å². The minimum atomic E-state index is -3.76. The first-order valence-electron chi connectivity index (χ1n) is 0.478. The first kappa shape index (κ1) is 9.47. The molecular weight excluding hydrogens is 202 g/mol. The van der Waals surface area contributed by atoms with E-state index in [2.05, 4.69) is 0 Å². The van der Waals surface area contributed by atoms with Crippen molar-refractivity contribution in [1.29, 1.82) is 0 Å². The third-order valence-electron chi connectivity index (χ3n) is 0. The largest absolute Gasteiger partial charge is 0.503 e. The molecule has 0 rings (SSSR count). The van der Waals surface area contributed by atoms with Crippen LogP contribution in [0.4, 0.5) is 0 Å². The molecule has 0 aromatic carbocycles. The first-order valence-corrected chi connectivity index (χ1v) is 3.20. The van der Waals surface area contributed by atoms with Crippen molar-refractivity contribution in [3.63, 3.8) is 0 Å². The maximum absolute atomic E-state index is 8.68. The lowest BCUT2D eigenvalue weighted by Gasteiger charge is -1.67. The summed E-state index contributed by atoms with van der Waals surface area (Å²) in [5.41, 5.74) is 0. The third-order valence-corrected chi connectivity index (χ3v) is 0. The van der Waals surface area contributed by atoms with Crippen LogP contribution < -0.4 is 27.9 Å². The average Bonchev–Trinajstić information content (AvgIpc) is 0.811. The number of hydrogen-bond acceptors (Lipinski definition) is 3. The lowest BCUT2D eigenvalue weighted by Crippen LogP contribution is -3.98. The number of hydrogen-bond donors (Lipinski definition) is 1. The molecule has 0 aliphatic rings. The van der Waals surface area contributed by atoms with Crippen LogP contribution in [0.3, 0.4) is 0 Å². The Morgan fingerprint density at radius 2 is 1.40 bits per heavy atom. The first-order chi connectivity index (χ1) is 1.73. The van der Waals surface area contributed by atoms with E-state index in [4.69, 9.17) is 10.3 Å². The highest BCUT2D eigenvalue weighted by Gasteiger charge is 1.89.